The molecule has 0 spiro atoms. The summed E-state index contributed by atoms with van der Waals surface area (Å²) < 4.78 is 2.24. The maximum absolute atomic E-state index is 3.61. The van der Waals surface area contributed by atoms with Gasteiger partial charge in [-0.2, -0.15) is 0 Å². The monoisotopic (exact) mass is 470 g/mol. The summed E-state index contributed by atoms with van der Waals surface area (Å²) in [4.78, 5) is 0. The molecule has 0 nitrogen and oxygen atoms in total. The SMILES string of the molecule is CC(C)(c1cccc(Br)c1)c1cccc(C(C)(C)c2cccc(Br)c2)c1. The first kappa shape index (κ1) is 19.4. The molecular formula is C24H24Br2. The Bertz CT molecular complexity index is 850. The molecule has 134 valence electrons. The van der Waals surface area contributed by atoms with Gasteiger partial charge in [0.15, 0.2) is 0 Å². The zero-order valence-corrected chi connectivity index (χ0v) is 18.9. The third kappa shape index (κ3) is 3.82. The maximum atomic E-state index is 3.61. The van der Waals surface area contributed by atoms with Crippen LogP contribution in [0.25, 0.3) is 0 Å². The minimum absolute atomic E-state index is 0.0624. The van der Waals surface area contributed by atoms with E-state index < -0.39 is 0 Å². The molecule has 0 N–H and O–H groups in total. The van der Waals surface area contributed by atoms with Gasteiger partial charge in [-0.25, -0.2) is 0 Å². The molecule has 0 saturated heterocycles. The van der Waals surface area contributed by atoms with E-state index in [9.17, 15) is 0 Å². The fourth-order valence-corrected chi connectivity index (χ4v) is 4.18. The Morgan fingerprint density at radius 2 is 0.808 bits per heavy atom. The summed E-state index contributed by atoms with van der Waals surface area (Å²) in [6.07, 6.45) is 0. The van der Waals surface area contributed by atoms with Crippen LogP contribution >= 0.6 is 31.9 Å². The lowest BCUT2D eigenvalue weighted by Gasteiger charge is -2.31. The van der Waals surface area contributed by atoms with Crippen LogP contribution in [0, 0.1) is 0 Å². The van der Waals surface area contributed by atoms with E-state index in [1.165, 1.54) is 22.3 Å². The summed E-state index contributed by atoms with van der Waals surface area (Å²) in [5, 5.41) is 0. The molecule has 0 radical (unpaired) electrons. The molecule has 26 heavy (non-hydrogen) atoms. The van der Waals surface area contributed by atoms with Gasteiger partial charge in [-0.3, -0.25) is 0 Å². The van der Waals surface area contributed by atoms with E-state index >= 15 is 0 Å². The van der Waals surface area contributed by atoms with Crippen LogP contribution in [0.1, 0.15) is 49.9 Å². The van der Waals surface area contributed by atoms with Crippen molar-refractivity contribution in [2.75, 3.05) is 0 Å². The van der Waals surface area contributed by atoms with E-state index in [1.807, 2.05) is 0 Å². The number of hydrogen-bond donors (Lipinski definition) is 0. The molecule has 0 heterocycles. The molecule has 2 heteroatoms. The average molecular weight is 472 g/mol. The standard InChI is InChI=1S/C24H24Br2/c1-23(2,19-10-6-12-21(25)15-19)17-8-5-9-18(14-17)24(3,4)20-11-7-13-22(26)16-20/h5-16H,1-4H3. The summed E-state index contributed by atoms with van der Waals surface area (Å²) in [5.41, 5.74) is 5.15. The number of halogens is 2. The Balaban J connectivity index is 2.05. The van der Waals surface area contributed by atoms with Gasteiger partial charge in [0.25, 0.3) is 0 Å². The largest absolute Gasteiger partial charge is 0.0617 e. The average Bonchev–Trinajstić information content (AvgIpc) is 2.62. The van der Waals surface area contributed by atoms with Crippen LogP contribution in [0.5, 0.6) is 0 Å². The molecule has 0 aromatic heterocycles. The topological polar surface area (TPSA) is 0 Å². The summed E-state index contributed by atoms with van der Waals surface area (Å²) in [6, 6.07) is 26.2. The third-order valence-electron chi connectivity index (χ3n) is 5.40. The van der Waals surface area contributed by atoms with Crippen molar-refractivity contribution in [1.82, 2.24) is 0 Å². The smallest absolute Gasteiger partial charge is 0.0178 e. The van der Waals surface area contributed by atoms with Gasteiger partial charge < -0.3 is 0 Å². The second-order valence-electron chi connectivity index (χ2n) is 7.85. The predicted octanol–water partition coefficient (Wildman–Crippen LogP) is 7.86. The fourth-order valence-electron chi connectivity index (χ4n) is 3.38. The van der Waals surface area contributed by atoms with Crippen LogP contribution in [0.3, 0.4) is 0 Å². The van der Waals surface area contributed by atoms with Crippen LogP contribution in [0.4, 0.5) is 0 Å². The van der Waals surface area contributed by atoms with Gasteiger partial charge in [-0.15, -0.1) is 0 Å². The molecule has 3 rings (SSSR count). The number of benzene rings is 3. The van der Waals surface area contributed by atoms with Crippen molar-refractivity contribution in [1.29, 1.82) is 0 Å². The highest BCUT2D eigenvalue weighted by atomic mass is 79.9. The molecule has 0 aliphatic carbocycles. The highest BCUT2D eigenvalue weighted by molar-refractivity contribution is 9.10. The van der Waals surface area contributed by atoms with Gasteiger partial charge in [-0.05, 0) is 46.5 Å². The molecule has 3 aromatic rings. The lowest BCUT2D eigenvalue weighted by atomic mass is 9.73. The lowest BCUT2D eigenvalue weighted by Crippen LogP contribution is -2.23. The first-order valence-electron chi connectivity index (χ1n) is 8.84. The summed E-state index contributed by atoms with van der Waals surface area (Å²) >= 11 is 7.21. The quantitative estimate of drug-likeness (QED) is 0.363. The minimum Gasteiger partial charge on any atom is -0.0617 e. The number of rotatable bonds is 4. The minimum atomic E-state index is -0.0624. The molecule has 0 saturated carbocycles. The fraction of sp³-hybridized carbons (Fsp3) is 0.250. The highest BCUT2D eigenvalue weighted by Gasteiger charge is 2.27. The van der Waals surface area contributed by atoms with Crippen LogP contribution in [0.15, 0.2) is 81.7 Å². The van der Waals surface area contributed by atoms with Crippen LogP contribution in [-0.2, 0) is 10.8 Å². The van der Waals surface area contributed by atoms with Crippen molar-refractivity contribution >= 4 is 31.9 Å². The zero-order chi connectivity index (χ0) is 18.9. The second-order valence-corrected chi connectivity index (χ2v) is 9.68. The van der Waals surface area contributed by atoms with Gasteiger partial charge in [0.2, 0.25) is 0 Å². The molecule has 0 atom stereocenters. The van der Waals surface area contributed by atoms with E-state index in [1.54, 1.807) is 0 Å². The van der Waals surface area contributed by atoms with Crippen molar-refractivity contribution in [3.63, 3.8) is 0 Å². The van der Waals surface area contributed by atoms with Gasteiger partial charge in [0, 0.05) is 19.8 Å². The Morgan fingerprint density at radius 1 is 0.500 bits per heavy atom. The van der Waals surface area contributed by atoms with Gasteiger partial charge in [0.1, 0.15) is 0 Å². The molecule has 0 fully saturated rings. The van der Waals surface area contributed by atoms with E-state index in [2.05, 4.69) is 132 Å². The van der Waals surface area contributed by atoms with Crippen LogP contribution in [-0.4, -0.2) is 0 Å². The zero-order valence-electron chi connectivity index (χ0n) is 15.7. The second kappa shape index (κ2) is 7.32. The Kier molecular flexibility index (Phi) is 5.46. The van der Waals surface area contributed by atoms with Crippen molar-refractivity contribution in [3.05, 3.63) is 104 Å². The Morgan fingerprint density at radius 3 is 1.15 bits per heavy atom. The van der Waals surface area contributed by atoms with Crippen LogP contribution < -0.4 is 0 Å². The van der Waals surface area contributed by atoms with Gasteiger partial charge >= 0.3 is 0 Å². The third-order valence-corrected chi connectivity index (χ3v) is 6.39. The molecule has 3 aromatic carbocycles. The molecule has 0 amide bonds. The molecule has 0 unspecified atom stereocenters. The molecule has 0 bridgehead atoms. The first-order valence-corrected chi connectivity index (χ1v) is 10.4. The van der Waals surface area contributed by atoms with Gasteiger partial charge in [-0.1, -0.05) is 108 Å². The summed E-state index contributed by atoms with van der Waals surface area (Å²) in [7, 11) is 0. The summed E-state index contributed by atoms with van der Waals surface area (Å²) in [6.45, 7) is 9.17. The number of hydrogen-bond acceptors (Lipinski definition) is 0. The van der Waals surface area contributed by atoms with E-state index in [4.69, 9.17) is 0 Å². The first-order chi connectivity index (χ1) is 12.2. The predicted molar refractivity (Wildman–Crippen MR) is 119 cm³/mol. The van der Waals surface area contributed by atoms with Gasteiger partial charge in [0.05, 0.1) is 0 Å². The lowest BCUT2D eigenvalue weighted by molar-refractivity contribution is 0.617. The van der Waals surface area contributed by atoms with Crippen molar-refractivity contribution in [3.8, 4) is 0 Å². The summed E-state index contributed by atoms with van der Waals surface area (Å²) in [5.74, 6) is 0. The molecular weight excluding hydrogens is 448 g/mol. The van der Waals surface area contributed by atoms with Crippen LogP contribution in [0.2, 0.25) is 0 Å². The Labute approximate surface area is 173 Å². The van der Waals surface area contributed by atoms with E-state index in [0.29, 0.717) is 0 Å². The highest BCUT2D eigenvalue weighted by Crippen LogP contribution is 2.37. The van der Waals surface area contributed by atoms with E-state index in [0.717, 1.165) is 8.95 Å². The maximum Gasteiger partial charge on any atom is 0.0178 e. The van der Waals surface area contributed by atoms with Crippen molar-refractivity contribution < 1.29 is 0 Å². The molecule has 0 aliphatic rings. The van der Waals surface area contributed by atoms with Crippen molar-refractivity contribution in [2.45, 2.75) is 38.5 Å². The Hall–Kier alpha value is -1.38. The van der Waals surface area contributed by atoms with E-state index in [-0.39, 0.29) is 10.8 Å². The molecule has 0 aliphatic heterocycles. The van der Waals surface area contributed by atoms with Crippen molar-refractivity contribution in [2.24, 2.45) is 0 Å². The normalized spacial score (nSPS) is 12.2.